The number of carbonyl (C=O) groups is 1. The summed E-state index contributed by atoms with van der Waals surface area (Å²) in [5.41, 5.74) is 4.94. The number of hydrogen-bond acceptors (Lipinski definition) is 6. The molecule has 2 aromatic heterocycles. The minimum Gasteiger partial charge on any atom is -0.493 e. The fourth-order valence-corrected chi connectivity index (χ4v) is 5.37. The molecule has 0 atom stereocenters. The maximum Gasteiger partial charge on any atom is 0.265 e. The van der Waals surface area contributed by atoms with Gasteiger partial charge in [0.15, 0.2) is 11.5 Å². The van der Waals surface area contributed by atoms with Crippen molar-refractivity contribution >= 4 is 44.5 Å². The van der Waals surface area contributed by atoms with Crippen LogP contribution in [0.2, 0.25) is 0 Å². The molecule has 34 heavy (non-hydrogen) atoms. The molecule has 0 unspecified atom stereocenters. The molecule has 0 aliphatic heterocycles. The molecular weight excluding hydrogens is 464 g/mol. The number of amides is 1. The average molecular weight is 487 g/mol. The SMILES string of the molecule is COc1ccccc1OCc1csc(C(=O)Nc2ccc(-c3nc4ccc(C)cc4s3)cc2)c1. The van der Waals surface area contributed by atoms with Crippen molar-refractivity contribution in [2.75, 3.05) is 12.4 Å². The molecule has 2 heterocycles. The van der Waals surface area contributed by atoms with E-state index in [-0.39, 0.29) is 5.91 Å². The van der Waals surface area contributed by atoms with Gasteiger partial charge in [-0.25, -0.2) is 4.98 Å². The van der Waals surface area contributed by atoms with Crippen molar-refractivity contribution in [3.63, 3.8) is 0 Å². The summed E-state index contributed by atoms with van der Waals surface area (Å²) in [6, 6.07) is 23.4. The van der Waals surface area contributed by atoms with Crippen LogP contribution in [0.15, 0.2) is 78.2 Å². The summed E-state index contributed by atoms with van der Waals surface area (Å²) in [6.07, 6.45) is 0. The number of nitrogens with one attached hydrogen (secondary N) is 1. The van der Waals surface area contributed by atoms with Gasteiger partial charge in [0.25, 0.3) is 5.91 Å². The van der Waals surface area contributed by atoms with Gasteiger partial charge in [0.1, 0.15) is 11.6 Å². The number of carbonyl (C=O) groups excluding carboxylic acids is 1. The van der Waals surface area contributed by atoms with Gasteiger partial charge < -0.3 is 14.8 Å². The molecule has 5 nitrogen and oxygen atoms in total. The summed E-state index contributed by atoms with van der Waals surface area (Å²) in [5.74, 6) is 1.21. The highest BCUT2D eigenvalue weighted by atomic mass is 32.1. The number of hydrogen-bond donors (Lipinski definition) is 1. The molecule has 0 aliphatic rings. The lowest BCUT2D eigenvalue weighted by Crippen LogP contribution is -2.10. The molecule has 1 amide bonds. The first-order valence-corrected chi connectivity index (χ1v) is 12.4. The minimum atomic E-state index is -0.142. The van der Waals surface area contributed by atoms with E-state index < -0.39 is 0 Å². The Hall–Kier alpha value is -3.68. The first-order valence-electron chi connectivity index (χ1n) is 10.7. The van der Waals surface area contributed by atoms with E-state index in [0.717, 1.165) is 27.3 Å². The second-order valence-corrected chi connectivity index (χ2v) is 9.72. The number of anilines is 1. The molecule has 0 saturated heterocycles. The number of thiophene rings is 1. The van der Waals surface area contributed by atoms with Gasteiger partial charge in [0.05, 0.1) is 22.2 Å². The zero-order valence-corrected chi connectivity index (χ0v) is 20.3. The van der Waals surface area contributed by atoms with Crippen LogP contribution >= 0.6 is 22.7 Å². The van der Waals surface area contributed by atoms with E-state index in [9.17, 15) is 4.79 Å². The zero-order chi connectivity index (χ0) is 23.5. The molecule has 5 aromatic rings. The highest BCUT2D eigenvalue weighted by Crippen LogP contribution is 2.31. The van der Waals surface area contributed by atoms with Crippen molar-refractivity contribution in [2.24, 2.45) is 0 Å². The van der Waals surface area contributed by atoms with E-state index in [1.54, 1.807) is 18.4 Å². The van der Waals surface area contributed by atoms with Crippen molar-refractivity contribution in [2.45, 2.75) is 13.5 Å². The smallest absolute Gasteiger partial charge is 0.265 e. The van der Waals surface area contributed by atoms with Crippen molar-refractivity contribution in [1.82, 2.24) is 4.98 Å². The summed E-state index contributed by atoms with van der Waals surface area (Å²) in [4.78, 5) is 18.1. The predicted molar refractivity (Wildman–Crippen MR) is 139 cm³/mol. The number of para-hydroxylation sites is 2. The topological polar surface area (TPSA) is 60.5 Å². The van der Waals surface area contributed by atoms with Crippen molar-refractivity contribution in [3.8, 4) is 22.1 Å². The van der Waals surface area contributed by atoms with Crippen LogP contribution in [0.4, 0.5) is 5.69 Å². The summed E-state index contributed by atoms with van der Waals surface area (Å²) < 4.78 is 12.3. The van der Waals surface area contributed by atoms with Crippen molar-refractivity contribution < 1.29 is 14.3 Å². The zero-order valence-electron chi connectivity index (χ0n) is 18.7. The Balaban J connectivity index is 1.22. The second-order valence-electron chi connectivity index (χ2n) is 7.78. The number of benzene rings is 3. The van der Waals surface area contributed by atoms with Crippen LogP contribution in [-0.2, 0) is 6.61 Å². The molecule has 0 aliphatic carbocycles. The molecule has 0 bridgehead atoms. The third-order valence-corrected chi connectivity index (χ3v) is 7.32. The Bertz CT molecular complexity index is 1450. The van der Waals surface area contributed by atoms with Gasteiger partial charge >= 0.3 is 0 Å². The third kappa shape index (κ3) is 4.81. The Morgan fingerprint density at radius 3 is 2.59 bits per heavy atom. The monoisotopic (exact) mass is 486 g/mol. The maximum atomic E-state index is 12.7. The normalized spacial score (nSPS) is 10.9. The van der Waals surface area contributed by atoms with Gasteiger partial charge in [-0.1, -0.05) is 18.2 Å². The molecule has 0 fully saturated rings. The van der Waals surface area contributed by atoms with Crippen LogP contribution < -0.4 is 14.8 Å². The fraction of sp³-hybridized carbons (Fsp3) is 0.111. The Morgan fingerprint density at radius 1 is 1.00 bits per heavy atom. The van der Waals surface area contributed by atoms with Crippen molar-refractivity contribution in [3.05, 3.63) is 94.2 Å². The van der Waals surface area contributed by atoms with Crippen LogP contribution in [0, 0.1) is 6.92 Å². The van der Waals surface area contributed by atoms with Crippen LogP contribution in [-0.4, -0.2) is 18.0 Å². The second kappa shape index (κ2) is 9.67. The average Bonchev–Trinajstić information content (AvgIpc) is 3.50. The van der Waals surface area contributed by atoms with E-state index in [0.29, 0.717) is 23.0 Å². The summed E-state index contributed by atoms with van der Waals surface area (Å²) in [5, 5.41) is 5.87. The van der Waals surface area contributed by atoms with Crippen LogP contribution in [0.5, 0.6) is 11.5 Å². The Morgan fingerprint density at radius 2 is 1.79 bits per heavy atom. The number of rotatable bonds is 7. The van der Waals surface area contributed by atoms with Crippen LogP contribution in [0.25, 0.3) is 20.8 Å². The van der Waals surface area contributed by atoms with Gasteiger partial charge in [0.2, 0.25) is 0 Å². The highest BCUT2D eigenvalue weighted by molar-refractivity contribution is 7.21. The quantitative estimate of drug-likeness (QED) is 0.265. The van der Waals surface area contributed by atoms with Gasteiger partial charge in [-0.3, -0.25) is 4.79 Å². The summed E-state index contributed by atoms with van der Waals surface area (Å²) >= 11 is 3.07. The standard InChI is InChI=1S/C27H22N2O3S2/c1-17-7-12-21-24(13-17)34-27(29-21)19-8-10-20(11-9-19)28-26(30)25-14-18(16-33-25)15-32-23-6-4-3-5-22(23)31-2/h3-14,16H,15H2,1-2H3,(H,28,30). The number of nitrogens with zero attached hydrogens (tertiary/aromatic N) is 1. The van der Waals surface area contributed by atoms with Gasteiger partial charge in [-0.05, 0) is 72.5 Å². The maximum absolute atomic E-state index is 12.7. The molecule has 3 aromatic carbocycles. The number of methoxy groups -OCH3 is 1. The first-order chi connectivity index (χ1) is 16.6. The van der Waals surface area contributed by atoms with Gasteiger partial charge in [-0.2, -0.15) is 0 Å². The lowest BCUT2D eigenvalue weighted by Gasteiger charge is -2.09. The summed E-state index contributed by atoms with van der Waals surface area (Å²) in [7, 11) is 1.61. The summed E-state index contributed by atoms with van der Waals surface area (Å²) in [6.45, 7) is 2.45. The van der Waals surface area contributed by atoms with E-state index >= 15 is 0 Å². The lowest BCUT2D eigenvalue weighted by atomic mass is 10.2. The van der Waals surface area contributed by atoms with E-state index in [4.69, 9.17) is 14.5 Å². The number of aromatic nitrogens is 1. The Labute approximate surface area is 205 Å². The lowest BCUT2D eigenvalue weighted by molar-refractivity contribution is 0.103. The van der Waals surface area contributed by atoms with Crippen LogP contribution in [0.3, 0.4) is 0 Å². The number of ether oxygens (including phenoxy) is 2. The van der Waals surface area contributed by atoms with Crippen molar-refractivity contribution in [1.29, 1.82) is 0 Å². The van der Waals surface area contributed by atoms with E-state index in [1.807, 2.05) is 60.0 Å². The van der Waals surface area contributed by atoms with Gasteiger partial charge in [-0.15, -0.1) is 22.7 Å². The molecule has 0 saturated carbocycles. The molecule has 170 valence electrons. The fourth-order valence-electron chi connectivity index (χ4n) is 3.51. The largest absolute Gasteiger partial charge is 0.493 e. The Kier molecular flexibility index (Phi) is 6.29. The number of thiazole rings is 1. The number of aryl methyl sites for hydroxylation is 1. The molecule has 0 spiro atoms. The first kappa shape index (κ1) is 22.1. The van der Waals surface area contributed by atoms with Gasteiger partial charge in [0, 0.05) is 16.8 Å². The molecule has 0 radical (unpaired) electrons. The number of fused-ring (bicyclic) bond motifs is 1. The molecule has 5 rings (SSSR count). The highest BCUT2D eigenvalue weighted by Gasteiger charge is 2.12. The minimum absolute atomic E-state index is 0.142. The third-order valence-electron chi connectivity index (χ3n) is 5.27. The van der Waals surface area contributed by atoms with Crippen LogP contribution in [0.1, 0.15) is 20.8 Å². The molecule has 1 N–H and O–H groups in total. The molecular formula is C27H22N2O3S2. The van der Waals surface area contributed by atoms with E-state index in [1.165, 1.54) is 21.6 Å². The predicted octanol–water partition coefficient (Wildman–Crippen LogP) is 7.17. The van der Waals surface area contributed by atoms with E-state index in [2.05, 4.69) is 30.4 Å². The molecule has 7 heteroatoms.